The predicted molar refractivity (Wildman–Crippen MR) is 89.9 cm³/mol. The van der Waals surface area contributed by atoms with Crippen LogP contribution in [0, 0.1) is 0 Å². The molecule has 0 saturated carbocycles. The standard InChI is InChI=1S/C16H19F3N4O4/c1-22(9-16(17,18)19)13(14(20)25)15(26)21-10-2-4-11(5-3-10)23-6-7-27-8-12(23)24/h2-5,13H,6-9H2,1H3,(H2,20,25)(H,21,26)/t13-/m0/s1. The molecule has 1 aliphatic rings. The minimum Gasteiger partial charge on any atom is -0.370 e. The van der Waals surface area contributed by atoms with Gasteiger partial charge in [0.1, 0.15) is 6.61 Å². The topological polar surface area (TPSA) is 105 Å². The number of nitrogens with two attached hydrogens (primary N) is 1. The third-order valence-corrected chi connectivity index (χ3v) is 3.82. The van der Waals surface area contributed by atoms with Gasteiger partial charge in [0.25, 0.3) is 11.8 Å². The number of rotatable bonds is 6. The molecule has 3 amide bonds. The second-order valence-electron chi connectivity index (χ2n) is 5.97. The van der Waals surface area contributed by atoms with Crippen LogP contribution in [0.4, 0.5) is 24.5 Å². The van der Waals surface area contributed by atoms with Gasteiger partial charge in [0.2, 0.25) is 5.91 Å². The van der Waals surface area contributed by atoms with E-state index in [2.05, 4.69) is 5.32 Å². The van der Waals surface area contributed by atoms with Crippen LogP contribution in [-0.2, 0) is 19.1 Å². The number of carbonyl (C=O) groups is 3. The van der Waals surface area contributed by atoms with Gasteiger partial charge >= 0.3 is 6.18 Å². The molecule has 11 heteroatoms. The maximum absolute atomic E-state index is 12.5. The molecule has 8 nitrogen and oxygen atoms in total. The highest BCUT2D eigenvalue weighted by atomic mass is 19.4. The van der Waals surface area contributed by atoms with Crippen LogP contribution in [0.3, 0.4) is 0 Å². The fourth-order valence-corrected chi connectivity index (χ4v) is 2.65. The van der Waals surface area contributed by atoms with Gasteiger partial charge in [0.15, 0.2) is 6.04 Å². The summed E-state index contributed by atoms with van der Waals surface area (Å²) in [6.45, 7) is -0.705. The largest absolute Gasteiger partial charge is 0.401 e. The Labute approximate surface area is 153 Å². The number of benzene rings is 1. The van der Waals surface area contributed by atoms with Gasteiger partial charge in [-0.2, -0.15) is 13.2 Å². The van der Waals surface area contributed by atoms with E-state index in [-0.39, 0.29) is 18.2 Å². The molecule has 2 rings (SSSR count). The molecule has 148 valence electrons. The number of alkyl halides is 3. The lowest BCUT2D eigenvalue weighted by molar-refractivity contribution is -0.154. The maximum atomic E-state index is 12.5. The summed E-state index contributed by atoms with van der Waals surface area (Å²) in [6, 6.07) is 4.29. The monoisotopic (exact) mass is 388 g/mol. The summed E-state index contributed by atoms with van der Waals surface area (Å²) in [5.41, 5.74) is 5.91. The van der Waals surface area contributed by atoms with Crippen molar-refractivity contribution in [2.75, 3.05) is 43.6 Å². The average molecular weight is 388 g/mol. The molecule has 1 aromatic rings. The number of hydrogen-bond donors (Lipinski definition) is 2. The lowest BCUT2D eigenvalue weighted by Crippen LogP contribution is -2.52. The Morgan fingerprint density at radius 3 is 2.48 bits per heavy atom. The first kappa shape index (κ1) is 20.6. The number of ether oxygens (including phenoxy) is 1. The lowest BCUT2D eigenvalue weighted by atomic mass is 10.2. The van der Waals surface area contributed by atoms with Crippen molar-refractivity contribution in [1.82, 2.24) is 4.90 Å². The Morgan fingerprint density at radius 1 is 1.33 bits per heavy atom. The van der Waals surface area contributed by atoms with Gasteiger partial charge in [-0.05, 0) is 31.3 Å². The molecule has 27 heavy (non-hydrogen) atoms. The average Bonchev–Trinajstić information content (AvgIpc) is 2.54. The van der Waals surface area contributed by atoms with Gasteiger partial charge in [0.05, 0.1) is 13.2 Å². The second kappa shape index (κ2) is 8.35. The number of primary amides is 1. The van der Waals surface area contributed by atoms with E-state index in [4.69, 9.17) is 10.5 Å². The van der Waals surface area contributed by atoms with Crippen LogP contribution in [0.1, 0.15) is 0 Å². The van der Waals surface area contributed by atoms with Crippen LogP contribution in [0.15, 0.2) is 24.3 Å². The van der Waals surface area contributed by atoms with Crippen molar-refractivity contribution in [2.24, 2.45) is 5.73 Å². The maximum Gasteiger partial charge on any atom is 0.401 e. The smallest absolute Gasteiger partial charge is 0.370 e. The molecule has 0 aromatic heterocycles. The van der Waals surface area contributed by atoms with Crippen LogP contribution in [0.2, 0.25) is 0 Å². The molecule has 0 unspecified atom stereocenters. The molecular formula is C16H19F3N4O4. The first-order valence-corrected chi connectivity index (χ1v) is 7.94. The molecule has 0 spiro atoms. The van der Waals surface area contributed by atoms with Crippen LogP contribution in [-0.4, -0.2) is 68.2 Å². The number of nitrogens with zero attached hydrogens (tertiary/aromatic N) is 2. The molecule has 0 bridgehead atoms. The van der Waals surface area contributed by atoms with Gasteiger partial charge < -0.3 is 20.7 Å². The predicted octanol–water partition coefficient (Wildman–Crippen LogP) is 0.336. The van der Waals surface area contributed by atoms with E-state index in [0.29, 0.717) is 23.7 Å². The van der Waals surface area contributed by atoms with Crippen LogP contribution in [0.25, 0.3) is 0 Å². The fourth-order valence-electron chi connectivity index (χ4n) is 2.65. The van der Waals surface area contributed by atoms with Crippen LogP contribution >= 0.6 is 0 Å². The molecule has 0 radical (unpaired) electrons. The fraction of sp³-hybridized carbons (Fsp3) is 0.438. The van der Waals surface area contributed by atoms with E-state index in [1.165, 1.54) is 17.0 Å². The molecule has 1 fully saturated rings. The van der Waals surface area contributed by atoms with Crippen molar-refractivity contribution < 1.29 is 32.3 Å². The number of carbonyl (C=O) groups excluding carboxylic acids is 3. The zero-order valence-corrected chi connectivity index (χ0v) is 14.5. The van der Waals surface area contributed by atoms with E-state index in [9.17, 15) is 27.6 Å². The van der Waals surface area contributed by atoms with Crippen molar-refractivity contribution in [2.45, 2.75) is 12.2 Å². The Balaban J connectivity index is 2.06. The minimum atomic E-state index is -4.59. The van der Waals surface area contributed by atoms with Crippen molar-refractivity contribution in [3.63, 3.8) is 0 Å². The van der Waals surface area contributed by atoms with Gasteiger partial charge in [-0.15, -0.1) is 0 Å². The van der Waals surface area contributed by atoms with E-state index in [0.717, 1.165) is 7.05 Å². The highest BCUT2D eigenvalue weighted by Gasteiger charge is 2.37. The Hall–Kier alpha value is -2.66. The van der Waals surface area contributed by atoms with Gasteiger partial charge in [0, 0.05) is 17.9 Å². The van der Waals surface area contributed by atoms with E-state index in [1.807, 2.05) is 0 Å². The van der Waals surface area contributed by atoms with Crippen LogP contribution < -0.4 is 16.0 Å². The minimum absolute atomic E-state index is 0.0235. The number of nitrogens with one attached hydrogen (secondary N) is 1. The number of amides is 3. The molecule has 3 N–H and O–H groups in total. The van der Waals surface area contributed by atoms with Crippen LogP contribution in [0.5, 0.6) is 0 Å². The molecule has 1 atom stereocenters. The third-order valence-electron chi connectivity index (χ3n) is 3.82. The van der Waals surface area contributed by atoms with Crippen molar-refractivity contribution in [1.29, 1.82) is 0 Å². The molecule has 1 aliphatic heterocycles. The number of hydrogen-bond acceptors (Lipinski definition) is 5. The SMILES string of the molecule is CN(CC(F)(F)F)[C@@H](C(N)=O)C(=O)Nc1ccc(N2CCOCC2=O)cc1. The Kier molecular flexibility index (Phi) is 6.39. The van der Waals surface area contributed by atoms with Gasteiger partial charge in [-0.3, -0.25) is 19.3 Å². The van der Waals surface area contributed by atoms with E-state index >= 15 is 0 Å². The first-order chi connectivity index (χ1) is 12.6. The summed E-state index contributed by atoms with van der Waals surface area (Å²) in [6.07, 6.45) is -4.59. The van der Waals surface area contributed by atoms with E-state index in [1.54, 1.807) is 12.1 Å². The molecule has 1 aromatic carbocycles. The summed E-state index contributed by atoms with van der Waals surface area (Å²) in [7, 11) is 0.982. The summed E-state index contributed by atoms with van der Waals surface area (Å²) in [5, 5.41) is 2.35. The van der Waals surface area contributed by atoms with E-state index < -0.39 is 30.6 Å². The molecule has 1 heterocycles. The number of likely N-dealkylation sites (N-methyl/N-ethyl adjacent to an activating group) is 1. The number of halogens is 3. The second-order valence-corrected chi connectivity index (χ2v) is 5.97. The van der Waals surface area contributed by atoms with Gasteiger partial charge in [-0.1, -0.05) is 0 Å². The molecule has 0 aliphatic carbocycles. The van der Waals surface area contributed by atoms with Crippen molar-refractivity contribution >= 4 is 29.1 Å². The first-order valence-electron chi connectivity index (χ1n) is 7.94. The summed E-state index contributed by atoms with van der Waals surface area (Å²) >= 11 is 0. The Morgan fingerprint density at radius 2 is 1.96 bits per heavy atom. The lowest BCUT2D eigenvalue weighted by Gasteiger charge is -2.27. The quantitative estimate of drug-likeness (QED) is 0.684. The Bertz CT molecular complexity index is 709. The summed E-state index contributed by atoms with van der Waals surface area (Å²) in [5.74, 6) is -2.39. The third kappa shape index (κ3) is 5.66. The summed E-state index contributed by atoms with van der Waals surface area (Å²) < 4.78 is 42.6. The highest BCUT2D eigenvalue weighted by Crippen LogP contribution is 2.21. The van der Waals surface area contributed by atoms with Gasteiger partial charge in [-0.25, -0.2) is 0 Å². The van der Waals surface area contributed by atoms with Crippen molar-refractivity contribution in [3.05, 3.63) is 24.3 Å². The molecular weight excluding hydrogens is 369 g/mol. The molecule has 1 saturated heterocycles. The number of morpholine rings is 1. The zero-order chi connectivity index (χ0) is 20.2. The highest BCUT2D eigenvalue weighted by molar-refractivity contribution is 6.09. The zero-order valence-electron chi connectivity index (χ0n) is 14.5. The number of anilines is 2. The van der Waals surface area contributed by atoms with Crippen molar-refractivity contribution in [3.8, 4) is 0 Å². The summed E-state index contributed by atoms with van der Waals surface area (Å²) in [4.78, 5) is 37.5. The normalized spacial score (nSPS) is 16.3.